The van der Waals surface area contributed by atoms with Crippen molar-refractivity contribution in [2.24, 2.45) is 0 Å². The van der Waals surface area contributed by atoms with Crippen LogP contribution in [0.4, 0.5) is 0 Å². The van der Waals surface area contributed by atoms with E-state index in [1.165, 1.54) is 0 Å². The van der Waals surface area contributed by atoms with Crippen LogP contribution in [0.15, 0.2) is 24.3 Å². The molecule has 0 saturated heterocycles. The maximum Gasteiger partial charge on any atom is 0.348 e. The lowest BCUT2D eigenvalue weighted by Gasteiger charge is -2.33. The number of hydrogen-bond acceptors (Lipinski definition) is 4. The summed E-state index contributed by atoms with van der Waals surface area (Å²) in [6.07, 6.45) is -0.00801. The predicted octanol–water partition coefficient (Wildman–Crippen LogP) is 1.97. The standard InChI is InChI=1S/C17H22O7/c1-16(2,3)24-17(14(20)21,15(22)23)10-12-6-4-11(5-7-12)8-9-13(18)19/h4-7H,8-10H2,1-3H3,(H,18,19)(H,20,21)(H,22,23). The van der Waals surface area contributed by atoms with Gasteiger partial charge in [-0.25, -0.2) is 9.59 Å². The van der Waals surface area contributed by atoms with Crippen LogP contribution >= 0.6 is 0 Å². The molecule has 0 atom stereocenters. The lowest BCUT2D eigenvalue weighted by molar-refractivity contribution is -0.199. The maximum atomic E-state index is 11.6. The number of aryl methyl sites for hydroxylation is 1. The SMILES string of the molecule is CC(C)(C)OC(Cc1ccc(CCC(=O)O)cc1)(C(=O)O)C(=O)O. The molecule has 0 aliphatic rings. The first-order valence-corrected chi connectivity index (χ1v) is 7.43. The van der Waals surface area contributed by atoms with Gasteiger partial charge in [-0.1, -0.05) is 24.3 Å². The van der Waals surface area contributed by atoms with Crippen LogP contribution in [0.1, 0.15) is 38.3 Å². The minimum atomic E-state index is -2.39. The Balaban J connectivity index is 3.04. The monoisotopic (exact) mass is 338 g/mol. The largest absolute Gasteiger partial charge is 0.481 e. The van der Waals surface area contributed by atoms with Crippen molar-refractivity contribution in [2.75, 3.05) is 0 Å². The van der Waals surface area contributed by atoms with Gasteiger partial charge >= 0.3 is 17.9 Å². The second-order valence-electron chi connectivity index (χ2n) is 6.54. The highest BCUT2D eigenvalue weighted by Crippen LogP contribution is 2.26. The second kappa shape index (κ2) is 7.44. The molecule has 132 valence electrons. The summed E-state index contributed by atoms with van der Waals surface area (Å²) in [5.41, 5.74) is -2.10. The molecule has 7 heteroatoms. The van der Waals surface area contributed by atoms with Gasteiger partial charge in [-0.05, 0) is 38.3 Å². The normalized spacial score (nSPS) is 12.0. The van der Waals surface area contributed by atoms with Crippen LogP contribution in [0.5, 0.6) is 0 Å². The molecule has 0 saturated carbocycles. The van der Waals surface area contributed by atoms with Gasteiger partial charge in [0.2, 0.25) is 0 Å². The van der Waals surface area contributed by atoms with Gasteiger partial charge in [0.15, 0.2) is 0 Å². The van der Waals surface area contributed by atoms with Gasteiger partial charge in [0, 0.05) is 12.8 Å². The Morgan fingerprint density at radius 1 is 0.917 bits per heavy atom. The maximum absolute atomic E-state index is 11.6. The molecule has 1 aromatic rings. The predicted molar refractivity (Wildman–Crippen MR) is 84.9 cm³/mol. The average Bonchev–Trinajstić information content (AvgIpc) is 2.43. The molecule has 3 N–H and O–H groups in total. The Bertz CT molecular complexity index is 597. The Morgan fingerprint density at radius 3 is 1.75 bits per heavy atom. The van der Waals surface area contributed by atoms with Crippen molar-refractivity contribution in [3.8, 4) is 0 Å². The van der Waals surface area contributed by atoms with E-state index in [-0.39, 0.29) is 12.8 Å². The van der Waals surface area contributed by atoms with Gasteiger partial charge < -0.3 is 20.1 Å². The Hall–Kier alpha value is -2.41. The van der Waals surface area contributed by atoms with Gasteiger partial charge in [0.1, 0.15) is 0 Å². The summed E-state index contributed by atoms with van der Waals surface area (Å²) >= 11 is 0. The highest BCUT2D eigenvalue weighted by atomic mass is 16.6. The van der Waals surface area contributed by atoms with Crippen LogP contribution in [-0.4, -0.2) is 44.4 Å². The zero-order valence-electron chi connectivity index (χ0n) is 13.9. The van der Waals surface area contributed by atoms with E-state index >= 15 is 0 Å². The van der Waals surface area contributed by atoms with Crippen molar-refractivity contribution >= 4 is 17.9 Å². The molecule has 0 heterocycles. The molecular weight excluding hydrogens is 316 g/mol. The first-order valence-electron chi connectivity index (χ1n) is 7.43. The first-order chi connectivity index (χ1) is 11.0. The Morgan fingerprint density at radius 2 is 1.38 bits per heavy atom. The van der Waals surface area contributed by atoms with Gasteiger partial charge in [0.05, 0.1) is 5.60 Å². The first kappa shape index (κ1) is 19.6. The summed E-state index contributed by atoms with van der Waals surface area (Å²) in [6.45, 7) is 4.76. The fraction of sp³-hybridized carbons (Fsp3) is 0.471. The smallest absolute Gasteiger partial charge is 0.348 e. The third-order valence-corrected chi connectivity index (χ3v) is 3.27. The number of hydrogen-bond donors (Lipinski definition) is 3. The van der Waals surface area contributed by atoms with E-state index in [1.54, 1.807) is 45.0 Å². The van der Waals surface area contributed by atoms with E-state index in [0.717, 1.165) is 5.56 Å². The number of benzene rings is 1. The van der Waals surface area contributed by atoms with Crippen LogP contribution in [0, 0.1) is 0 Å². The molecule has 24 heavy (non-hydrogen) atoms. The molecule has 0 radical (unpaired) electrons. The van der Waals surface area contributed by atoms with Crippen molar-refractivity contribution in [3.05, 3.63) is 35.4 Å². The summed E-state index contributed by atoms with van der Waals surface area (Å²) in [5.74, 6) is -4.05. The third kappa shape index (κ3) is 5.34. The van der Waals surface area contributed by atoms with Crippen LogP contribution in [0.25, 0.3) is 0 Å². The molecule has 1 aromatic carbocycles. The van der Waals surface area contributed by atoms with Crippen molar-refractivity contribution in [3.63, 3.8) is 0 Å². The fourth-order valence-electron chi connectivity index (χ4n) is 2.25. The Labute approximate surface area is 139 Å². The molecule has 0 spiro atoms. The van der Waals surface area contributed by atoms with Crippen molar-refractivity contribution in [1.82, 2.24) is 0 Å². The minimum absolute atomic E-state index is 0.0132. The van der Waals surface area contributed by atoms with Gasteiger partial charge in [-0.3, -0.25) is 4.79 Å². The molecular formula is C17H22O7. The topological polar surface area (TPSA) is 121 Å². The Kier molecular flexibility index (Phi) is 6.09. The number of carboxylic acid groups (broad SMARTS) is 3. The summed E-state index contributed by atoms with van der Waals surface area (Å²) in [5, 5.41) is 27.6. The molecule has 0 aromatic heterocycles. The summed E-state index contributed by atoms with van der Waals surface area (Å²) in [6, 6.07) is 6.49. The van der Waals surface area contributed by atoms with Crippen molar-refractivity contribution < 1.29 is 34.4 Å². The zero-order valence-corrected chi connectivity index (χ0v) is 13.9. The lowest BCUT2D eigenvalue weighted by Crippen LogP contribution is -2.54. The number of rotatable bonds is 8. The molecule has 0 aliphatic heterocycles. The highest BCUT2D eigenvalue weighted by Gasteiger charge is 2.50. The fourth-order valence-corrected chi connectivity index (χ4v) is 2.25. The molecule has 0 aliphatic carbocycles. The van der Waals surface area contributed by atoms with E-state index in [9.17, 15) is 24.6 Å². The van der Waals surface area contributed by atoms with Crippen LogP contribution in [-0.2, 0) is 32.0 Å². The van der Waals surface area contributed by atoms with E-state index in [1.807, 2.05) is 0 Å². The third-order valence-electron chi connectivity index (χ3n) is 3.27. The van der Waals surface area contributed by atoms with E-state index in [0.29, 0.717) is 12.0 Å². The molecule has 1 rings (SSSR count). The van der Waals surface area contributed by atoms with Crippen LogP contribution in [0.3, 0.4) is 0 Å². The quantitative estimate of drug-likeness (QED) is 0.619. The number of ether oxygens (including phenoxy) is 1. The van der Waals surface area contributed by atoms with Crippen LogP contribution in [0.2, 0.25) is 0 Å². The van der Waals surface area contributed by atoms with E-state index in [2.05, 4.69) is 0 Å². The van der Waals surface area contributed by atoms with Gasteiger partial charge in [-0.15, -0.1) is 0 Å². The molecule has 0 unspecified atom stereocenters. The minimum Gasteiger partial charge on any atom is -0.481 e. The van der Waals surface area contributed by atoms with Crippen LogP contribution < -0.4 is 0 Å². The average molecular weight is 338 g/mol. The summed E-state index contributed by atoms with van der Waals surface area (Å²) in [4.78, 5) is 33.8. The number of carbonyl (C=O) groups is 3. The van der Waals surface area contributed by atoms with E-state index < -0.39 is 29.1 Å². The highest BCUT2D eigenvalue weighted by molar-refractivity contribution is 6.02. The summed E-state index contributed by atoms with van der Waals surface area (Å²) in [7, 11) is 0. The number of carboxylic acids is 3. The van der Waals surface area contributed by atoms with Crippen molar-refractivity contribution in [1.29, 1.82) is 0 Å². The van der Waals surface area contributed by atoms with E-state index in [4.69, 9.17) is 9.84 Å². The number of aliphatic carboxylic acids is 3. The molecule has 0 amide bonds. The van der Waals surface area contributed by atoms with Crippen molar-refractivity contribution in [2.45, 2.75) is 51.2 Å². The van der Waals surface area contributed by atoms with Gasteiger partial charge in [0.25, 0.3) is 5.60 Å². The lowest BCUT2D eigenvalue weighted by atomic mass is 9.92. The molecule has 0 fully saturated rings. The summed E-state index contributed by atoms with van der Waals surface area (Å²) < 4.78 is 5.38. The van der Waals surface area contributed by atoms with Gasteiger partial charge in [-0.2, -0.15) is 0 Å². The molecule has 7 nitrogen and oxygen atoms in total. The second-order valence-corrected chi connectivity index (χ2v) is 6.54. The molecule has 0 bridgehead atoms. The zero-order chi connectivity index (χ0) is 18.5.